The van der Waals surface area contributed by atoms with Crippen molar-refractivity contribution in [1.82, 2.24) is 15.0 Å². The van der Waals surface area contributed by atoms with Crippen LogP contribution >= 0.6 is 0 Å². The Kier molecular flexibility index (Phi) is 2.76. The summed E-state index contributed by atoms with van der Waals surface area (Å²) >= 11 is 0. The van der Waals surface area contributed by atoms with Gasteiger partial charge in [-0.2, -0.15) is 0 Å². The first-order valence-electron chi connectivity index (χ1n) is 4.86. The van der Waals surface area contributed by atoms with E-state index < -0.39 is 23.6 Å². The summed E-state index contributed by atoms with van der Waals surface area (Å²) in [5, 5.41) is 0. The molecule has 2 aromatic rings. The van der Waals surface area contributed by atoms with E-state index in [-0.39, 0.29) is 5.52 Å². The van der Waals surface area contributed by atoms with Gasteiger partial charge < -0.3 is 4.57 Å². The number of benzene rings is 1. The van der Waals surface area contributed by atoms with E-state index in [1.54, 1.807) is 6.92 Å². The van der Waals surface area contributed by atoms with Gasteiger partial charge in [0, 0.05) is 12.1 Å². The number of amides is 1. The number of imidazole rings is 1. The molecular formula is C10H10F2N4O. The minimum Gasteiger partial charge on any atom is -0.318 e. The molecule has 0 saturated carbocycles. The summed E-state index contributed by atoms with van der Waals surface area (Å²) in [6.07, 6.45) is 1.34. The van der Waals surface area contributed by atoms with E-state index >= 15 is 0 Å². The molecule has 2 rings (SSSR count). The van der Waals surface area contributed by atoms with Gasteiger partial charge in [0.15, 0.2) is 11.6 Å². The van der Waals surface area contributed by atoms with Crippen LogP contribution in [0.2, 0.25) is 0 Å². The Morgan fingerprint density at radius 1 is 1.47 bits per heavy atom. The molecule has 17 heavy (non-hydrogen) atoms. The van der Waals surface area contributed by atoms with Crippen LogP contribution < -0.4 is 11.3 Å². The molecule has 0 aliphatic heterocycles. The van der Waals surface area contributed by atoms with Gasteiger partial charge in [0.25, 0.3) is 5.91 Å². The van der Waals surface area contributed by atoms with Crippen LogP contribution in [0.1, 0.15) is 13.0 Å². The van der Waals surface area contributed by atoms with E-state index in [0.29, 0.717) is 5.52 Å². The number of hydrogen-bond donors (Lipinski definition) is 2. The molecule has 1 aromatic heterocycles. The van der Waals surface area contributed by atoms with Crippen molar-refractivity contribution in [2.45, 2.75) is 13.0 Å². The maximum Gasteiger partial charge on any atom is 0.256 e. The molecular weight excluding hydrogens is 230 g/mol. The van der Waals surface area contributed by atoms with E-state index in [1.165, 1.54) is 10.9 Å². The molecule has 0 spiro atoms. The second-order valence-corrected chi connectivity index (χ2v) is 3.59. The molecule has 0 aliphatic carbocycles. The maximum atomic E-state index is 13.1. The molecule has 1 atom stereocenters. The highest BCUT2D eigenvalue weighted by molar-refractivity contribution is 5.83. The summed E-state index contributed by atoms with van der Waals surface area (Å²) in [6, 6.07) is 1.32. The number of nitrogens with zero attached hydrogens (tertiary/aromatic N) is 2. The van der Waals surface area contributed by atoms with Crippen molar-refractivity contribution in [3.8, 4) is 0 Å². The zero-order valence-electron chi connectivity index (χ0n) is 8.95. The number of nitrogens with one attached hydrogen (secondary N) is 1. The van der Waals surface area contributed by atoms with Crippen LogP contribution in [-0.2, 0) is 4.79 Å². The average molecular weight is 240 g/mol. The number of nitrogens with two attached hydrogens (primary N) is 1. The normalized spacial score (nSPS) is 12.7. The van der Waals surface area contributed by atoms with Crippen LogP contribution in [0.25, 0.3) is 11.0 Å². The van der Waals surface area contributed by atoms with Gasteiger partial charge in [-0.25, -0.2) is 19.6 Å². The van der Waals surface area contributed by atoms with Gasteiger partial charge in [-0.15, -0.1) is 0 Å². The SMILES string of the molecule is CC(C(=O)NN)n1cnc2cc(F)c(F)cc21. The Morgan fingerprint density at radius 2 is 2.12 bits per heavy atom. The molecule has 1 aromatic carbocycles. The number of carbonyl (C=O) groups is 1. The van der Waals surface area contributed by atoms with Gasteiger partial charge in [-0.3, -0.25) is 10.2 Å². The maximum absolute atomic E-state index is 13.1. The van der Waals surface area contributed by atoms with Crippen molar-refractivity contribution in [2.75, 3.05) is 0 Å². The lowest BCUT2D eigenvalue weighted by molar-refractivity contribution is -0.123. The standard InChI is InChI=1S/C10H10F2N4O/c1-5(10(17)15-13)16-4-14-8-2-6(11)7(12)3-9(8)16/h2-5H,13H2,1H3,(H,15,17). The molecule has 0 saturated heterocycles. The summed E-state index contributed by atoms with van der Waals surface area (Å²) in [7, 11) is 0. The molecule has 5 nitrogen and oxygen atoms in total. The number of fused-ring (bicyclic) bond motifs is 1. The molecule has 0 aliphatic rings. The molecule has 0 bridgehead atoms. The van der Waals surface area contributed by atoms with Crippen molar-refractivity contribution in [3.63, 3.8) is 0 Å². The number of rotatable bonds is 2. The average Bonchev–Trinajstić information content (AvgIpc) is 2.70. The lowest BCUT2D eigenvalue weighted by atomic mass is 10.2. The fourth-order valence-electron chi connectivity index (χ4n) is 1.58. The largest absolute Gasteiger partial charge is 0.318 e. The van der Waals surface area contributed by atoms with Crippen LogP contribution in [0, 0.1) is 11.6 Å². The monoisotopic (exact) mass is 240 g/mol. The van der Waals surface area contributed by atoms with Crippen molar-refractivity contribution < 1.29 is 13.6 Å². The second-order valence-electron chi connectivity index (χ2n) is 3.59. The number of hydrogen-bond acceptors (Lipinski definition) is 3. The van der Waals surface area contributed by atoms with Gasteiger partial charge in [0.05, 0.1) is 17.4 Å². The lowest BCUT2D eigenvalue weighted by Gasteiger charge is -2.12. The highest BCUT2D eigenvalue weighted by atomic mass is 19.2. The topological polar surface area (TPSA) is 72.9 Å². The molecule has 0 radical (unpaired) electrons. The van der Waals surface area contributed by atoms with Gasteiger partial charge in [-0.05, 0) is 6.92 Å². The third-order valence-electron chi connectivity index (χ3n) is 2.56. The van der Waals surface area contributed by atoms with Crippen LogP contribution in [0.4, 0.5) is 8.78 Å². The zero-order valence-corrected chi connectivity index (χ0v) is 8.95. The fraction of sp³-hybridized carbons (Fsp3) is 0.200. The Balaban J connectivity index is 2.56. The molecule has 3 N–H and O–H groups in total. The fourth-order valence-corrected chi connectivity index (χ4v) is 1.58. The van der Waals surface area contributed by atoms with E-state index in [9.17, 15) is 13.6 Å². The molecule has 1 heterocycles. The Morgan fingerprint density at radius 3 is 2.76 bits per heavy atom. The summed E-state index contributed by atoms with van der Waals surface area (Å²) in [5.74, 6) is 2.60. The summed E-state index contributed by atoms with van der Waals surface area (Å²) in [4.78, 5) is 15.2. The zero-order chi connectivity index (χ0) is 12.6. The first-order valence-corrected chi connectivity index (χ1v) is 4.86. The van der Waals surface area contributed by atoms with Gasteiger partial charge >= 0.3 is 0 Å². The van der Waals surface area contributed by atoms with Gasteiger partial charge in [-0.1, -0.05) is 0 Å². The molecule has 90 valence electrons. The minimum absolute atomic E-state index is 0.278. The highest BCUT2D eigenvalue weighted by Gasteiger charge is 2.17. The van der Waals surface area contributed by atoms with Crippen molar-refractivity contribution >= 4 is 16.9 Å². The van der Waals surface area contributed by atoms with Crippen LogP contribution in [-0.4, -0.2) is 15.5 Å². The van der Waals surface area contributed by atoms with Crippen molar-refractivity contribution in [1.29, 1.82) is 0 Å². The predicted molar refractivity (Wildman–Crippen MR) is 56.7 cm³/mol. The molecule has 0 fully saturated rings. The van der Waals surface area contributed by atoms with E-state index in [1.807, 2.05) is 5.43 Å². The highest BCUT2D eigenvalue weighted by Crippen LogP contribution is 2.20. The quantitative estimate of drug-likeness (QED) is 0.464. The lowest BCUT2D eigenvalue weighted by Crippen LogP contribution is -2.35. The number of hydrazine groups is 1. The van der Waals surface area contributed by atoms with Gasteiger partial charge in [0.1, 0.15) is 6.04 Å². The summed E-state index contributed by atoms with van der Waals surface area (Å²) in [5.41, 5.74) is 2.60. The van der Waals surface area contributed by atoms with Crippen molar-refractivity contribution in [3.05, 3.63) is 30.1 Å². The Bertz CT molecular complexity index is 581. The molecule has 1 amide bonds. The van der Waals surface area contributed by atoms with Crippen LogP contribution in [0.3, 0.4) is 0 Å². The smallest absolute Gasteiger partial charge is 0.256 e. The van der Waals surface area contributed by atoms with Crippen LogP contribution in [0.15, 0.2) is 18.5 Å². The molecule has 7 heteroatoms. The molecule has 1 unspecified atom stereocenters. The summed E-state index contributed by atoms with van der Waals surface area (Å²) in [6.45, 7) is 1.57. The Labute approximate surface area is 95.2 Å². The second kappa shape index (κ2) is 4.10. The van der Waals surface area contributed by atoms with Crippen molar-refractivity contribution in [2.24, 2.45) is 5.84 Å². The first kappa shape index (κ1) is 11.5. The third-order valence-corrected chi connectivity index (χ3v) is 2.56. The van der Waals surface area contributed by atoms with Gasteiger partial charge in [0.2, 0.25) is 0 Å². The summed E-state index contributed by atoms with van der Waals surface area (Å²) < 4.78 is 27.5. The predicted octanol–water partition coefficient (Wildman–Crippen LogP) is 0.865. The first-order chi connectivity index (χ1) is 8.04. The Hall–Kier alpha value is -2.02. The number of carbonyl (C=O) groups excluding carboxylic acids is 1. The van der Waals surface area contributed by atoms with E-state index in [4.69, 9.17) is 5.84 Å². The number of halogens is 2. The van der Waals surface area contributed by atoms with Crippen LogP contribution in [0.5, 0.6) is 0 Å². The van der Waals surface area contributed by atoms with E-state index in [0.717, 1.165) is 12.1 Å². The minimum atomic E-state index is -0.986. The van der Waals surface area contributed by atoms with E-state index in [2.05, 4.69) is 4.98 Å². The number of aromatic nitrogens is 2. The third kappa shape index (κ3) is 1.84.